The molecular weight excluding hydrogens is 358 g/mol. The van der Waals surface area contributed by atoms with E-state index in [9.17, 15) is 14.4 Å². The van der Waals surface area contributed by atoms with Crippen molar-refractivity contribution in [2.75, 3.05) is 6.61 Å². The number of aromatic carboxylic acids is 2. The van der Waals surface area contributed by atoms with E-state index in [-0.39, 0.29) is 28.9 Å². The van der Waals surface area contributed by atoms with Crippen LogP contribution in [0.1, 0.15) is 43.6 Å². The van der Waals surface area contributed by atoms with Crippen LogP contribution in [0.2, 0.25) is 4.47 Å². The Bertz CT molecular complexity index is 709. The van der Waals surface area contributed by atoms with E-state index in [2.05, 4.69) is 4.98 Å². The van der Waals surface area contributed by atoms with Gasteiger partial charge >= 0.3 is 17.9 Å². The fourth-order valence-corrected chi connectivity index (χ4v) is 2.26. The predicted octanol–water partition coefficient (Wildman–Crippen LogP) is 3.36. The fourth-order valence-electron chi connectivity index (χ4n) is 1.70. The van der Waals surface area contributed by atoms with Crippen molar-refractivity contribution in [2.45, 2.75) is 13.8 Å². The zero-order valence-electron chi connectivity index (χ0n) is 12.8. The van der Waals surface area contributed by atoms with Crippen LogP contribution in [-0.4, -0.2) is 39.7 Å². The summed E-state index contributed by atoms with van der Waals surface area (Å²) < 4.78 is 5.32. The second-order valence-corrected chi connectivity index (χ2v) is 5.79. The molecule has 0 aliphatic rings. The van der Waals surface area contributed by atoms with Gasteiger partial charge in [0.05, 0.1) is 23.3 Å². The third kappa shape index (κ3) is 5.32. The average molecular weight is 372 g/mol. The van der Waals surface area contributed by atoms with Gasteiger partial charge in [0.1, 0.15) is 0 Å². The van der Waals surface area contributed by atoms with Crippen molar-refractivity contribution in [1.82, 2.24) is 4.98 Å². The summed E-state index contributed by atoms with van der Waals surface area (Å²) in [6, 6.07) is 2.23. The summed E-state index contributed by atoms with van der Waals surface area (Å²) in [6.45, 7) is 3.10. The Morgan fingerprint density at radius 3 is 2.04 bits per heavy atom. The van der Waals surface area contributed by atoms with E-state index in [0.717, 1.165) is 12.1 Å². The summed E-state index contributed by atoms with van der Waals surface area (Å²) in [7, 11) is 0. The number of rotatable bonds is 4. The lowest BCUT2D eigenvalue weighted by Gasteiger charge is -2.08. The fraction of sp³-hybridized carbons (Fsp3) is 0.200. The van der Waals surface area contributed by atoms with E-state index in [4.69, 9.17) is 26.6 Å². The highest BCUT2D eigenvalue weighted by atomic mass is 35.5. The summed E-state index contributed by atoms with van der Waals surface area (Å²) in [4.78, 5) is 37.2. The zero-order valence-corrected chi connectivity index (χ0v) is 14.3. The summed E-state index contributed by atoms with van der Waals surface area (Å²) in [6.07, 6.45) is 1.67. The molecule has 0 bridgehead atoms. The van der Waals surface area contributed by atoms with Crippen LogP contribution in [0.5, 0.6) is 0 Å². The first-order valence-electron chi connectivity index (χ1n) is 6.61. The van der Waals surface area contributed by atoms with Gasteiger partial charge in [0.2, 0.25) is 0 Å². The van der Waals surface area contributed by atoms with Gasteiger partial charge in [-0.05, 0) is 31.5 Å². The molecule has 1 aromatic carbocycles. The van der Waals surface area contributed by atoms with Gasteiger partial charge in [-0.1, -0.05) is 11.6 Å². The molecular formula is C15H14ClNO6S. The lowest BCUT2D eigenvalue weighted by Crippen LogP contribution is -2.12. The van der Waals surface area contributed by atoms with E-state index in [1.54, 1.807) is 13.1 Å². The van der Waals surface area contributed by atoms with Gasteiger partial charge in [0.15, 0.2) is 4.47 Å². The molecule has 7 nitrogen and oxygen atoms in total. The highest BCUT2D eigenvalue weighted by Gasteiger charge is 2.20. The maximum absolute atomic E-state index is 11.5. The molecule has 1 heterocycles. The Hall–Kier alpha value is -2.45. The zero-order chi connectivity index (χ0) is 18.3. The van der Waals surface area contributed by atoms with Gasteiger partial charge in [0.25, 0.3) is 0 Å². The molecule has 0 radical (unpaired) electrons. The van der Waals surface area contributed by atoms with Gasteiger partial charge in [0, 0.05) is 11.6 Å². The molecule has 0 fully saturated rings. The summed E-state index contributed by atoms with van der Waals surface area (Å²) in [5, 5.41) is 19.8. The standard InChI is InChI=1S/C12H12O6.C3H2ClNS/c1-3-18-12(17)7-4-8(10(13)14)6(2)9(5-7)11(15)16;4-3-5-1-2-6-3/h4-5H,3H2,1-2H3,(H,13,14)(H,15,16);1-2H. The Morgan fingerprint density at radius 1 is 1.21 bits per heavy atom. The number of carbonyl (C=O) groups excluding carboxylic acids is 1. The van der Waals surface area contributed by atoms with Gasteiger partial charge < -0.3 is 14.9 Å². The molecule has 1 aromatic heterocycles. The van der Waals surface area contributed by atoms with Crippen LogP contribution in [0.15, 0.2) is 23.7 Å². The van der Waals surface area contributed by atoms with Gasteiger partial charge in [-0.25, -0.2) is 19.4 Å². The SMILES string of the molecule is CCOC(=O)c1cc(C(=O)O)c(C)c(C(=O)O)c1.Clc1nccs1. The topological polar surface area (TPSA) is 114 Å². The first-order valence-corrected chi connectivity index (χ1v) is 7.87. The number of esters is 1. The Morgan fingerprint density at radius 2 is 1.75 bits per heavy atom. The minimum Gasteiger partial charge on any atom is -0.478 e. The molecule has 24 heavy (non-hydrogen) atoms. The van der Waals surface area contributed by atoms with Gasteiger partial charge in [-0.2, -0.15) is 0 Å². The number of hydrogen-bond acceptors (Lipinski definition) is 6. The number of nitrogens with zero attached hydrogens (tertiary/aromatic N) is 1. The number of carboxylic acid groups (broad SMARTS) is 2. The molecule has 2 rings (SSSR count). The van der Waals surface area contributed by atoms with Gasteiger partial charge in [-0.15, -0.1) is 11.3 Å². The number of halogens is 1. The maximum Gasteiger partial charge on any atom is 0.338 e. The van der Waals surface area contributed by atoms with Crippen LogP contribution in [0.4, 0.5) is 0 Å². The quantitative estimate of drug-likeness (QED) is 0.792. The van der Waals surface area contributed by atoms with Crippen molar-refractivity contribution in [2.24, 2.45) is 0 Å². The molecule has 2 N–H and O–H groups in total. The molecule has 9 heteroatoms. The van der Waals surface area contributed by atoms with Crippen molar-refractivity contribution >= 4 is 40.8 Å². The number of benzene rings is 1. The Balaban J connectivity index is 0.000000400. The van der Waals surface area contributed by atoms with Crippen LogP contribution < -0.4 is 0 Å². The van der Waals surface area contributed by atoms with Crippen molar-refractivity contribution in [3.8, 4) is 0 Å². The summed E-state index contributed by atoms with van der Waals surface area (Å²) in [5.74, 6) is -3.33. The Kier molecular flexibility index (Phi) is 7.34. The van der Waals surface area contributed by atoms with E-state index in [1.165, 1.54) is 18.3 Å². The number of aromatic nitrogens is 1. The van der Waals surface area contributed by atoms with Gasteiger partial charge in [-0.3, -0.25) is 0 Å². The second kappa shape index (κ2) is 8.99. The van der Waals surface area contributed by atoms with E-state index < -0.39 is 17.9 Å². The third-order valence-electron chi connectivity index (χ3n) is 2.78. The normalized spacial score (nSPS) is 9.62. The Labute approximate surface area is 146 Å². The van der Waals surface area contributed by atoms with E-state index in [1.807, 2.05) is 5.38 Å². The van der Waals surface area contributed by atoms with E-state index >= 15 is 0 Å². The first-order chi connectivity index (χ1) is 11.3. The monoisotopic (exact) mass is 371 g/mol. The predicted molar refractivity (Wildman–Crippen MR) is 88.2 cm³/mol. The van der Waals surface area contributed by atoms with E-state index in [0.29, 0.717) is 4.47 Å². The maximum atomic E-state index is 11.5. The van der Waals surface area contributed by atoms with Crippen LogP contribution in [0.25, 0.3) is 0 Å². The molecule has 0 atom stereocenters. The lowest BCUT2D eigenvalue weighted by molar-refractivity contribution is 0.0526. The molecule has 0 saturated carbocycles. The summed E-state index contributed by atoms with van der Waals surface area (Å²) >= 11 is 6.79. The highest BCUT2D eigenvalue weighted by Crippen LogP contribution is 2.18. The molecule has 0 saturated heterocycles. The highest BCUT2D eigenvalue weighted by molar-refractivity contribution is 7.13. The van der Waals surface area contributed by atoms with Crippen molar-refractivity contribution in [3.63, 3.8) is 0 Å². The molecule has 2 aromatic rings. The molecule has 0 aliphatic heterocycles. The number of ether oxygens (including phenoxy) is 1. The minimum absolute atomic E-state index is 0.0859. The average Bonchev–Trinajstić information content (AvgIpc) is 2.98. The second-order valence-electron chi connectivity index (χ2n) is 4.31. The molecule has 0 amide bonds. The van der Waals surface area contributed by atoms with Crippen molar-refractivity contribution in [3.05, 3.63) is 50.4 Å². The molecule has 0 unspecified atom stereocenters. The first kappa shape index (κ1) is 19.6. The molecule has 128 valence electrons. The van der Waals surface area contributed by atoms with Crippen LogP contribution in [0, 0.1) is 6.92 Å². The van der Waals surface area contributed by atoms with Crippen molar-refractivity contribution in [1.29, 1.82) is 0 Å². The van der Waals surface area contributed by atoms with Crippen LogP contribution in [0.3, 0.4) is 0 Å². The summed E-state index contributed by atoms with van der Waals surface area (Å²) in [5.41, 5.74) is -0.434. The molecule has 0 spiro atoms. The minimum atomic E-state index is -1.29. The number of carbonyl (C=O) groups is 3. The number of hydrogen-bond donors (Lipinski definition) is 2. The lowest BCUT2D eigenvalue weighted by atomic mass is 9.98. The number of thiazole rings is 1. The third-order valence-corrected chi connectivity index (χ3v) is 3.70. The van der Waals surface area contributed by atoms with Crippen LogP contribution >= 0.6 is 22.9 Å². The van der Waals surface area contributed by atoms with Crippen molar-refractivity contribution < 1.29 is 29.3 Å². The number of carboxylic acids is 2. The molecule has 0 aliphatic carbocycles. The van der Waals surface area contributed by atoms with Crippen LogP contribution in [-0.2, 0) is 4.74 Å². The largest absolute Gasteiger partial charge is 0.478 e. The smallest absolute Gasteiger partial charge is 0.338 e.